The lowest BCUT2D eigenvalue weighted by atomic mass is 9.86. The Hall–Kier alpha value is -1.29. The minimum Gasteiger partial charge on any atom is -0.305 e. The standard InChI is InChI=1S/C12H15FN2O/c1-2-12(4-3-5-15-12)11(16)9-6-10(13)8-14-7-9/h6-8,15H,2-5H2,1H3. The van der Waals surface area contributed by atoms with E-state index in [-0.39, 0.29) is 5.78 Å². The van der Waals surface area contributed by atoms with Crippen LogP contribution in [0, 0.1) is 5.82 Å². The summed E-state index contributed by atoms with van der Waals surface area (Å²) >= 11 is 0. The first-order chi connectivity index (χ1) is 7.68. The van der Waals surface area contributed by atoms with Crippen molar-refractivity contribution in [3.05, 3.63) is 29.8 Å². The smallest absolute Gasteiger partial charge is 0.184 e. The van der Waals surface area contributed by atoms with Crippen molar-refractivity contribution in [3.63, 3.8) is 0 Å². The molecule has 1 saturated heterocycles. The van der Waals surface area contributed by atoms with Crippen molar-refractivity contribution in [2.24, 2.45) is 0 Å². The third-order valence-corrected chi connectivity index (χ3v) is 3.25. The summed E-state index contributed by atoms with van der Waals surface area (Å²) in [5.74, 6) is -0.505. The van der Waals surface area contributed by atoms with Crippen molar-refractivity contribution in [3.8, 4) is 0 Å². The Balaban J connectivity index is 2.30. The number of Topliss-reactive ketones (excluding diaryl/α,β-unsaturated/α-hetero) is 1. The van der Waals surface area contributed by atoms with Gasteiger partial charge in [-0.05, 0) is 31.9 Å². The fourth-order valence-corrected chi connectivity index (χ4v) is 2.27. The number of hydrogen-bond acceptors (Lipinski definition) is 3. The van der Waals surface area contributed by atoms with E-state index in [9.17, 15) is 9.18 Å². The fraction of sp³-hybridized carbons (Fsp3) is 0.500. The van der Waals surface area contributed by atoms with Gasteiger partial charge >= 0.3 is 0 Å². The molecule has 1 aliphatic heterocycles. The molecule has 1 N–H and O–H groups in total. The van der Waals surface area contributed by atoms with E-state index in [0.29, 0.717) is 5.56 Å². The maximum atomic E-state index is 13.0. The van der Waals surface area contributed by atoms with E-state index in [0.717, 1.165) is 32.0 Å². The molecule has 16 heavy (non-hydrogen) atoms. The number of hydrogen-bond donors (Lipinski definition) is 1. The van der Waals surface area contributed by atoms with E-state index < -0.39 is 11.4 Å². The molecule has 1 fully saturated rings. The molecule has 0 radical (unpaired) electrons. The van der Waals surface area contributed by atoms with Gasteiger partial charge in [-0.2, -0.15) is 0 Å². The highest BCUT2D eigenvalue weighted by Crippen LogP contribution is 2.27. The van der Waals surface area contributed by atoms with Gasteiger partial charge in [0.15, 0.2) is 5.78 Å². The molecule has 2 heterocycles. The van der Waals surface area contributed by atoms with Crippen molar-refractivity contribution in [1.82, 2.24) is 10.3 Å². The van der Waals surface area contributed by atoms with Crippen LogP contribution in [0.25, 0.3) is 0 Å². The van der Waals surface area contributed by atoms with Gasteiger partial charge in [0.05, 0.1) is 11.7 Å². The number of nitrogens with zero attached hydrogens (tertiary/aromatic N) is 1. The van der Waals surface area contributed by atoms with Crippen molar-refractivity contribution in [2.45, 2.75) is 31.7 Å². The first-order valence-corrected chi connectivity index (χ1v) is 5.58. The maximum Gasteiger partial charge on any atom is 0.184 e. The van der Waals surface area contributed by atoms with Gasteiger partial charge in [-0.1, -0.05) is 6.92 Å². The first-order valence-electron chi connectivity index (χ1n) is 5.58. The summed E-state index contributed by atoms with van der Waals surface area (Å²) in [5, 5.41) is 3.24. The minimum absolute atomic E-state index is 0.0421. The highest BCUT2D eigenvalue weighted by Gasteiger charge is 2.39. The second-order valence-corrected chi connectivity index (χ2v) is 4.19. The third kappa shape index (κ3) is 1.85. The maximum absolute atomic E-state index is 13.0. The molecule has 1 atom stereocenters. The number of aromatic nitrogens is 1. The number of carbonyl (C=O) groups is 1. The molecule has 1 unspecified atom stereocenters. The quantitative estimate of drug-likeness (QED) is 0.795. The molecule has 1 aromatic heterocycles. The van der Waals surface area contributed by atoms with E-state index in [1.54, 1.807) is 0 Å². The largest absolute Gasteiger partial charge is 0.305 e. The molecule has 2 rings (SSSR count). The van der Waals surface area contributed by atoms with E-state index in [4.69, 9.17) is 0 Å². The van der Waals surface area contributed by atoms with Crippen molar-refractivity contribution >= 4 is 5.78 Å². The van der Waals surface area contributed by atoms with Gasteiger partial charge in [-0.25, -0.2) is 4.39 Å². The molecule has 0 spiro atoms. The number of ketones is 1. The number of nitrogens with one attached hydrogen (secondary N) is 1. The summed E-state index contributed by atoms with van der Waals surface area (Å²) in [6, 6.07) is 1.26. The fourth-order valence-electron chi connectivity index (χ4n) is 2.27. The van der Waals surface area contributed by atoms with Crippen LogP contribution in [0.3, 0.4) is 0 Å². The molecule has 4 heteroatoms. The molecule has 0 bridgehead atoms. The van der Waals surface area contributed by atoms with Crippen LogP contribution in [0.2, 0.25) is 0 Å². The zero-order valence-electron chi connectivity index (χ0n) is 9.29. The van der Waals surface area contributed by atoms with Gasteiger partial charge in [0, 0.05) is 11.8 Å². The second kappa shape index (κ2) is 4.29. The highest BCUT2D eigenvalue weighted by molar-refractivity contribution is 6.03. The Morgan fingerprint density at radius 2 is 2.44 bits per heavy atom. The second-order valence-electron chi connectivity index (χ2n) is 4.19. The molecule has 1 aromatic rings. The Kier molecular flexibility index (Phi) is 3.01. The Labute approximate surface area is 94.1 Å². The first kappa shape index (κ1) is 11.2. The summed E-state index contributed by atoms with van der Waals surface area (Å²) in [5.41, 5.74) is -0.147. The van der Waals surface area contributed by atoms with Crippen LogP contribution in [0.15, 0.2) is 18.5 Å². The van der Waals surface area contributed by atoms with Crippen molar-refractivity contribution in [1.29, 1.82) is 0 Å². The number of carbonyl (C=O) groups excluding carboxylic acids is 1. The molecule has 86 valence electrons. The van der Waals surface area contributed by atoms with Gasteiger partial charge in [0.1, 0.15) is 5.82 Å². The Morgan fingerprint density at radius 1 is 1.62 bits per heavy atom. The molecule has 0 amide bonds. The van der Waals surface area contributed by atoms with Crippen LogP contribution in [0.5, 0.6) is 0 Å². The average molecular weight is 222 g/mol. The normalized spacial score (nSPS) is 24.6. The molecule has 3 nitrogen and oxygen atoms in total. The molecule has 1 aliphatic rings. The monoisotopic (exact) mass is 222 g/mol. The Bertz CT molecular complexity index is 400. The van der Waals surface area contributed by atoms with Gasteiger partial charge in [-0.3, -0.25) is 9.78 Å². The molecular weight excluding hydrogens is 207 g/mol. The van der Waals surface area contributed by atoms with Crippen molar-refractivity contribution in [2.75, 3.05) is 6.54 Å². The predicted molar refractivity (Wildman–Crippen MR) is 58.8 cm³/mol. The van der Waals surface area contributed by atoms with Gasteiger partial charge in [0.25, 0.3) is 0 Å². The number of rotatable bonds is 3. The summed E-state index contributed by atoms with van der Waals surface area (Å²) in [4.78, 5) is 16.0. The Morgan fingerprint density at radius 3 is 3.00 bits per heavy atom. The SMILES string of the molecule is CCC1(C(=O)c2cncc(F)c2)CCCN1. The lowest BCUT2D eigenvalue weighted by molar-refractivity contribution is 0.0863. The summed E-state index contributed by atoms with van der Waals surface area (Å²) in [6.07, 6.45) is 5.07. The van der Waals surface area contributed by atoms with E-state index in [1.807, 2.05) is 6.92 Å². The number of pyridine rings is 1. The zero-order chi connectivity index (χ0) is 11.6. The van der Waals surface area contributed by atoms with Gasteiger partial charge in [-0.15, -0.1) is 0 Å². The van der Waals surface area contributed by atoms with Gasteiger partial charge < -0.3 is 5.32 Å². The molecular formula is C12H15FN2O. The number of halogens is 1. The summed E-state index contributed by atoms with van der Waals surface area (Å²) in [6.45, 7) is 2.82. The van der Waals surface area contributed by atoms with Crippen LogP contribution in [-0.4, -0.2) is 22.9 Å². The van der Waals surface area contributed by atoms with Crippen LogP contribution < -0.4 is 5.32 Å². The molecule has 0 aromatic carbocycles. The van der Waals surface area contributed by atoms with Crippen LogP contribution in [-0.2, 0) is 0 Å². The molecule has 0 saturated carbocycles. The molecule has 0 aliphatic carbocycles. The third-order valence-electron chi connectivity index (χ3n) is 3.25. The zero-order valence-corrected chi connectivity index (χ0v) is 9.29. The van der Waals surface area contributed by atoms with E-state index in [1.165, 1.54) is 12.3 Å². The van der Waals surface area contributed by atoms with E-state index in [2.05, 4.69) is 10.3 Å². The predicted octanol–water partition coefficient (Wildman–Crippen LogP) is 1.94. The average Bonchev–Trinajstić information content (AvgIpc) is 2.78. The summed E-state index contributed by atoms with van der Waals surface area (Å²) < 4.78 is 13.0. The highest BCUT2D eigenvalue weighted by atomic mass is 19.1. The van der Waals surface area contributed by atoms with Gasteiger partial charge in [0.2, 0.25) is 0 Å². The lowest BCUT2D eigenvalue weighted by Gasteiger charge is -2.26. The minimum atomic E-state index is -0.504. The van der Waals surface area contributed by atoms with Crippen LogP contribution in [0.4, 0.5) is 4.39 Å². The van der Waals surface area contributed by atoms with Crippen LogP contribution >= 0.6 is 0 Å². The van der Waals surface area contributed by atoms with Crippen molar-refractivity contribution < 1.29 is 9.18 Å². The lowest BCUT2D eigenvalue weighted by Crippen LogP contribution is -2.47. The van der Waals surface area contributed by atoms with E-state index >= 15 is 0 Å². The van der Waals surface area contributed by atoms with Crippen LogP contribution in [0.1, 0.15) is 36.5 Å². The topological polar surface area (TPSA) is 42.0 Å². The summed E-state index contributed by atoms with van der Waals surface area (Å²) in [7, 11) is 0.